The van der Waals surface area contributed by atoms with E-state index in [9.17, 15) is 4.79 Å². The van der Waals surface area contributed by atoms with Crippen molar-refractivity contribution in [1.29, 1.82) is 0 Å². The van der Waals surface area contributed by atoms with Gasteiger partial charge in [0.1, 0.15) is 0 Å². The molecule has 1 N–H and O–H groups in total. The monoisotopic (exact) mass is 254 g/mol. The zero-order chi connectivity index (χ0) is 13.7. The quantitative estimate of drug-likeness (QED) is 0.910. The average molecular weight is 254 g/mol. The highest BCUT2D eigenvalue weighted by Crippen LogP contribution is 2.20. The van der Waals surface area contributed by atoms with Crippen molar-refractivity contribution in [2.75, 3.05) is 26.0 Å². The normalized spacial score (nSPS) is 10.5. The smallest absolute Gasteiger partial charge is 0.238 e. The molecular weight excluding hydrogens is 236 g/mol. The Balaban J connectivity index is 2.05. The zero-order valence-electron chi connectivity index (χ0n) is 11.3. The van der Waals surface area contributed by atoms with Crippen molar-refractivity contribution in [1.82, 2.24) is 4.90 Å². The molecule has 0 bridgehead atoms. The minimum absolute atomic E-state index is 0.00235. The van der Waals surface area contributed by atoms with Gasteiger partial charge in [-0.05, 0) is 37.4 Å². The van der Waals surface area contributed by atoms with Crippen molar-refractivity contribution in [3.8, 4) is 11.1 Å². The molecule has 0 unspecified atom stereocenters. The summed E-state index contributed by atoms with van der Waals surface area (Å²) in [6.07, 6.45) is 0. The van der Waals surface area contributed by atoms with Gasteiger partial charge in [-0.1, -0.05) is 42.5 Å². The molecule has 0 aliphatic carbocycles. The molecular formula is C16H18N2O. The first-order valence-corrected chi connectivity index (χ1v) is 6.25. The van der Waals surface area contributed by atoms with Gasteiger partial charge in [0, 0.05) is 5.69 Å². The van der Waals surface area contributed by atoms with E-state index in [0.717, 1.165) is 11.3 Å². The molecule has 1 amide bonds. The molecule has 0 saturated carbocycles. The number of carbonyl (C=O) groups excluding carboxylic acids is 1. The van der Waals surface area contributed by atoms with Gasteiger partial charge in [-0.25, -0.2) is 0 Å². The fourth-order valence-corrected chi connectivity index (χ4v) is 1.86. The molecule has 0 aliphatic heterocycles. The van der Waals surface area contributed by atoms with Crippen LogP contribution >= 0.6 is 0 Å². The maximum Gasteiger partial charge on any atom is 0.238 e. The molecule has 0 saturated heterocycles. The average Bonchev–Trinajstić information content (AvgIpc) is 2.39. The van der Waals surface area contributed by atoms with E-state index in [1.807, 2.05) is 61.5 Å². The second-order valence-corrected chi connectivity index (χ2v) is 4.73. The lowest BCUT2D eigenvalue weighted by Crippen LogP contribution is -2.26. The third-order valence-corrected chi connectivity index (χ3v) is 2.74. The Bertz CT molecular complexity index is 532. The van der Waals surface area contributed by atoms with Crippen LogP contribution in [0.5, 0.6) is 0 Å². The highest BCUT2D eigenvalue weighted by Gasteiger charge is 2.03. The Morgan fingerprint density at radius 2 is 1.53 bits per heavy atom. The second kappa shape index (κ2) is 6.16. The Hall–Kier alpha value is -2.13. The van der Waals surface area contributed by atoms with Crippen LogP contribution < -0.4 is 5.32 Å². The summed E-state index contributed by atoms with van der Waals surface area (Å²) in [4.78, 5) is 13.5. The summed E-state index contributed by atoms with van der Waals surface area (Å²) >= 11 is 0. The van der Waals surface area contributed by atoms with Gasteiger partial charge in [0.15, 0.2) is 0 Å². The number of hydrogen-bond donors (Lipinski definition) is 1. The van der Waals surface area contributed by atoms with Crippen LogP contribution in [0.3, 0.4) is 0 Å². The topological polar surface area (TPSA) is 32.3 Å². The molecule has 2 rings (SSSR count). The van der Waals surface area contributed by atoms with Gasteiger partial charge in [0.05, 0.1) is 6.54 Å². The summed E-state index contributed by atoms with van der Waals surface area (Å²) in [5.74, 6) is -0.00235. The minimum Gasteiger partial charge on any atom is -0.325 e. The van der Waals surface area contributed by atoms with Gasteiger partial charge < -0.3 is 10.2 Å². The summed E-state index contributed by atoms with van der Waals surface area (Å²) < 4.78 is 0. The fourth-order valence-electron chi connectivity index (χ4n) is 1.86. The zero-order valence-corrected chi connectivity index (χ0v) is 11.3. The molecule has 0 spiro atoms. The SMILES string of the molecule is CN(C)CC(=O)Nc1ccc(-c2ccccc2)cc1. The fraction of sp³-hybridized carbons (Fsp3) is 0.188. The van der Waals surface area contributed by atoms with Crippen molar-refractivity contribution in [2.45, 2.75) is 0 Å². The number of nitrogens with zero attached hydrogens (tertiary/aromatic N) is 1. The van der Waals surface area contributed by atoms with E-state index in [2.05, 4.69) is 17.4 Å². The second-order valence-electron chi connectivity index (χ2n) is 4.73. The number of amides is 1. The molecule has 0 heterocycles. The number of anilines is 1. The van der Waals surface area contributed by atoms with Crippen molar-refractivity contribution < 1.29 is 4.79 Å². The van der Waals surface area contributed by atoms with Crippen molar-refractivity contribution in [3.63, 3.8) is 0 Å². The maximum absolute atomic E-state index is 11.6. The van der Waals surface area contributed by atoms with E-state index in [1.54, 1.807) is 0 Å². The van der Waals surface area contributed by atoms with Crippen LogP contribution in [0, 0.1) is 0 Å². The summed E-state index contributed by atoms with van der Waals surface area (Å²) in [6.45, 7) is 0.389. The van der Waals surface area contributed by atoms with E-state index in [1.165, 1.54) is 5.56 Å². The number of carbonyl (C=O) groups is 1. The summed E-state index contributed by atoms with van der Waals surface area (Å²) in [7, 11) is 3.75. The highest BCUT2D eigenvalue weighted by atomic mass is 16.2. The Labute approximate surface area is 113 Å². The van der Waals surface area contributed by atoms with Crippen molar-refractivity contribution >= 4 is 11.6 Å². The van der Waals surface area contributed by atoms with E-state index < -0.39 is 0 Å². The number of benzene rings is 2. The molecule has 3 heteroatoms. The predicted molar refractivity (Wildman–Crippen MR) is 79.1 cm³/mol. The number of nitrogens with one attached hydrogen (secondary N) is 1. The molecule has 19 heavy (non-hydrogen) atoms. The Morgan fingerprint density at radius 3 is 2.11 bits per heavy atom. The molecule has 2 aromatic carbocycles. The van der Waals surface area contributed by atoms with E-state index in [4.69, 9.17) is 0 Å². The van der Waals surface area contributed by atoms with Crippen LogP contribution in [0.15, 0.2) is 54.6 Å². The first-order chi connectivity index (χ1) is 9.15. The summed E-state index contributed by atoms with van der Waals surface area (Å²) in [6, 6.07) is 18.1. The lowest BCUT2D eigenvalue weighted by molar-refractivity contribution is -0.116. The first kappa shape index (κ1) is 13.3. The summed E-state index contributed by atoms with van der Waals surface area (Å²) in [5, 5.41) is 2.87. The van der Waals surface area contributed by atoms with Gasteiger partial charge in [0.2, 0.25) is 5.91 Å². The molecule has 2 aromatic rings. The van der Waals surface area contributed by atoms with Gasteiger partial charge in [-0.3, -0.25) is 4.79 Å². The van der Waals surface area contributed by atoms with E-state index >= 15 is 0 Å². The van der Waals surface area contributed by atoms with E-state index in [0.29, 0.717) is 6.54 Å². The highest BCUT2D eigenvalue weighted by molar-refractivity contribution is 5.92. The minimum atomic E-state index is -0.00235. The predicted octanol–water partition coefficient (Wildman–Crippen LogP) is 2.85. The van der Waals surface area contributed by atoms with Crippen molar-refractivity contribution in [2.24, 2.45) is 0 Å². The molecule has 0 atom stereocenters. The molecule has 0 aliphatic rings. The number of hydrogen-bond acceptors (Lipinski definition) is 2. The third kappa shape index (κ3) is 3.93. The lowest BCUT2D eigenvalue weighted by atomic mass is 10.1. The van der Waals surface area contributed by atoms with E-state index in [-0.39, 0.29) is 5.91 Å². The van der Waals surface area contributed by atoms with Crippen LogP contribution in [0.1, 0.15) is 0 Å². The summed E-state index contributed by atoms with van der Waals surface area (Å²) in [5.41, 5.74) is 3.14. The van der Waals surface area contributed by atoms with Gasteiger partial charge in [0.25, 0.3) is 0 Å². The Morgan fingerprint density at radius 1 is 0.947 bits per heavy atom. The van der Waals surface area contributed by atoms with Crippen LogP contribution in [-0.4, -0.2) is 31.4 Å². The standard InChI is InChI=1S/C16H18N2O/c1-18(2)12-16(19)17-15-10-8-14(9-11-15)13-6-4-3-5-7-13/h3-11H,12H2,1-2H3,(H,17,19). The molecule has 0 fully saturated rings. The Kier molecular flexibility index (Phi) is 4.31. The number of rotatable bonds is 4. The van der Waals surface area contributed by atoms with Crippen LogP contribution in [0.4, 0.5) is 5.69 Å². The van der Waals surface area contributed by atoms with Gasteiger partial charge in [-0.2, -0.15) is 0 Å². The molecule has 98 valence electrons. The molecule has 0 aromatic heterocycles. The van der Waals surface area contributed by atoms with Crippen LogP contribution in [-0.2, 0) is 4.79 Å². The largest absolute Gasteiger partial charge is 0.325 e. The van der Waals surface area contributed by atoms with Crippen LogP contribution in [0.2, 0.25) is 0 Å². The lowest BCUT2D eigenvalue weighted by Gasteiger charge is -2.10. The van der Waals surface area contributed by atoms with Crippen LogP contribution in [0.25, 0.3) is 11.1 Å². The van der Waals surface area contributed by atoms with Crippen molar-refractivity contribution in [3.05, 3.63) is 54.6 Å². The first-order valence-electron chi connectivity index (χ1n) is 6.25. The van der Waals surface area contributed by atoms with Gasteiger partial charge in [-0.15, -0.1) is 0 Å². The maximum atomic E-state index is 11.6. The van der Waals surface area contributed by atoms with Gasteiger partial charge >= 0.3 is 0 Å². The number of likely N-dealkylation sites (N-methyl/N-ethyl adjacent to an activating group) is 1. The molecule has 3 nitrogen and oxygen atoms in total. The molecule has 0 radical (unpaired) electrons. The third-order valence-electron chi connectivity index (χ3n) is 2.74.